The van der Waals surface area contributed by atoms with Crippen LogP contribution in [0, 0.1) is 10.1 Å². The van der Waals surface area contributed by atoms with E-state index in [1.165, 1.54) is 12.1 Å². The molecule has 0 radical (unpaired) electrons. The summed E-state index contributed by atoms with van der Waals surface area (Å²) < 4.78 is 26.4. The van der Waals surface area contributed by atoms with Crippen molar-refractivity contribution in [2.45, 2.75) is 29.7 Å². The van der Waals surface area contributed by atoms with E-state index in [0.29, 0.717) is 6.42 Å². The summed E-state index contributed by atoms with van der Waals surface area (Å²) in [6.07, 6.45) is 1.02. The molecule has 1 aromatic carbocycles. The second kappa shape index (κ2) is 4.84. The van der Waals surface area contributed by atoms with Crippen LogP contribution >= 0.6 is 0 Å². The van der Waals surface area contributed by atoms with E-state index in [0.717, 1.165) is 12.1 Å². The molecular formula is C11H12N2O6S. The van der Waals surface area contributed by atoms with Gasteiger partial charge in [0.1, 0.15) is 5.54 Å². The lowest BCUT2D eigenvalue weighted by molar-refractivity contribution is -0.385. The van der Waals surface area contributed by atoms with Crippen molar-refractivity contribution < 1.29 is 23.2 Å². The minimum Gasteiger partial charge on any atom is -0.480 e. The van der Waals surface area contributed by atoms with E-state index in [2.05, 4.69) is 4.72 Å². The van der Waals surface area contributed by atoms with Crippen molar-refractivity contribution in [3.8, 4) is 0 Å². The number of hydrogen-bond donors (Lipinski definition) is 2. The molecule has 0 aromatic heterocycles. The number of benzene rings is 1. The summed E-state index contributed by atoms with van der Waals surface area (Å²) in [5.74, 6) is -1.24. The Hall–Kier alpha value is -2.00. The molecule has 0 bridgehead atoms. The molecule has 0 spiro atoms. The van der Waals surface area contributed by atoms with Gasteiger partial charge in [-0.2, -0.15) is 4.72 Å². The lowest BCUT2D eigenvalue weighted by Crippen LogP contribution is -2.58. The molecule has 0 saturated heterocycles. The summed E-state index contributed by atoms with van der Waals surface area (Å²) in [5, 5.41) is 19.7. The molecule has 108 valence electrons. The number of nitro groups is 1. The monoisotopic (exact) mass is 300 g/mol. The number of carbonyl (C=O) groups is 1. The Morgan fingerprint density at radius 2 is 2.05 bits per heavy atom. The molecule has 20 heavy (non-hydrogen) atoms. The predicted octanol–water partition coefficient (Wildman–Crippen LogP) is 0.880. The molecule has 0 heterocycles. The molecular weight excluding hydrogens is 288 g/mol. The third-order valence-corrected chi connectivity index (χ3v) is 4.82. The predicted molar refractivity (Wildman–Crippen MR) is 67.6 cm³/mol. The number of sulfonamides is 1. The van der Waals surface area contributed by atoms with Crippen LogP contribution in [0.15, 0.2) is 29.2 Å². The fraction of sp³-hybridized carbons (Fsp3) is 0.364. The standard InChI is InChI=1S/C11H12N2O6S/c14-10(15)11(5-2-6-11)12-20(18,19)9-4-1-3-8(7-9)13(16)17/h1,3-4,7,12H,2,5-6H2,(H,14,15). The maximum Gasteiger partial charge on any atom is 0.324 e. The third-order valence-electron chi connectivity index (χ3n) is 3.28. The number of nitrogens with zero attached hydrogens (tertiary/aromatic N) is 1. The Kier molecular flexibility index (Phi) is 3.48. The van der Waals surface area contributed by atoms with E-state index in [1.807, 2.05) is 0 Å². The molecule has 1 saturated carbocycles. The molecule has 8 nitrogen and oxygen atoms in total. The van der Waals surface area contributed by atoms with Gasteiger partial charge in [-0.05, 0) is 25.3 Å². The Balaban J connectivity index is 2.33. The number of nitrogens with one attached hydrogen (secondary N) is 1. The lowest BCUT2D eigenvalue weighted by atomic mass is 9.78. The third kappa shape index (κ3) is 2.49. The zero-order valence-electron chi connectivity index (χ0n) is 10.3. The molecule has 0 atom stereocenters. The smallest absolute Gasteiger partial charge is 0.324 e. The lowest BCUT2D eigenvalue weighted by Gasteiger charge is -2.37. The van der Waals surface area contributed by atoms with Crippen LogP contribution < -0.4 is 4.72 Å². The van der Waals surface area contributed by atoms with Crippen molar-refractivity contribution >= 4 is 21.7 Å². The van der Waals surface area contributed by atoms with Gasteiger partial charge in [-0.3, -0.25) is 14.9 Å². The highest BCUT2D eigenvalue weighted by molar-refractivity contribution is 7.89. The van der Waals surface area contributed by atoms with Crippen molar-refractivity contribution in [3.05, 3.63) is 34.4 Å². The number of nitro benzene ring substituents is 1. The number of rotatable bonds is 5. The van der Waals surface area contributed by atoms with Gasteiger partial charge in [0.15, 0.2) is 0 Å². The minimum absolute atomic E-state index is 0.205. The molecule has 1 aliphatic carbocycles. The van der Waals surface area contributed by atoms with Crippen molar-refractivity contribution in [1.29, 1.82) is 0 Å². The van der Waals surface area contributed by atoms with Crippen LogP contribution in [0.2, 0.25) is 0 Å². The van der Waals surface area contributed by atoms with Gasteiger partial charge in [-0.15, -0.1) is 0 Å². The van der Waals surface area contributed by atoms with Crippen LogP contribution in [0.3, 0.4) is 0 Å². The van der Waals surface area contributed by atoms with Crippen LogP contribution in [0.4, 0.5) is 5.69 Å². The zero-order valence-corrected chi connectivity index (χ0v) is 11.1. The van der Waals surface area contributed by atoms with Crippen molar-refractivity contribution in [2.24, 2.45) is 0 Å². The van der Waals surface area contributed by atoms with Crippen LogP contribution in [-0.2, 0) is 14.8 Å². The van der Waals surface area contributed by atoms with Crippen LogP contribution in [-0.4, -0.2) is 30.0 Å². The quantitative estimate of drug-likeness (QED) is 0.614. The molecule has 9 heteroatoms. The van der Waals surface area contributed by atoms with E-state index in [9.17, 15) is 23.3 Å². The van der Waals surface area contributed by atoms with Crippen LogP contribution in [0.1, 0.15) is 19.3 Å². The van der Waals surface area contributed by atoms with Gasteiger partial charge in [0, 0.05) is 12.1 Å². The molecule has 1 aliphatic rings. The normalized spacial score (nSPS) is 17.2. The largest absolute Gasteiger partial charge is 0.480 e. The highest BCUT2D eigenvalue weighted by atomic mass is 32.2. The fourth-order valence-corrected chi connectivity index (χ4v) is 3.43. The Morgan fingerprint density at radius 3 is 2.50 bits per heavy atom. The number of carboxylic acid groups (broad SMARTS) is 1. The van der Waals surface area contributed by atoms with Gasteiger partial charge in [-0.1, -0.05) is 6.07 Å². The molecule has 0 amide bonds. The zero-order chi connectivity index (χ0) is 15.0. The molecule has 0 aliphatic heterocycles. The van der Waals surface area contributed by atoms with E-state index in [-0.39, 0.29) is 23.4 Å². The topological polar surface area (TPSA) is 127 Å². The highest BCUT2D eigenvalue weighted by Gasteiger charge is 2.47. The van der Waals surface area contributed by atoms with Gasteiger partial charge in [0.05, 0.1) is 9.82 Å². The molecule has 1 fully saturated rings. The van der Waals surface area contributed by atoms with E-state index in [4.69, 9.17) is 5.11 Å². The maximum atomic E-state index is 12.1. The highest BCUT2D eigenvalue weighted by Crippen LogP contribution is 2.34. The van der Waals surface area contributed by atoms with Gasteiger partial charge in [0.25, 0.3) is 5.69 Å². The molecule has 2 rings (SSSR count). The summed E-state index contributed by atoms with van der Waals surface area (Å²) in [5.41, 5.74) is -1.87. The number of aliphatic carboxylic acids is 1. The Bertz CT molecular complexity index is 665. The fourth-order valence-electron chi connectivity index (χ4n) is 1.97. The summed E-state index contributed by atoms with van der Waals surface area (Å²) in [4.78, 5) is 20.8. The number of non-ortho nitro benzene ring substituents is 1. The second-order valence-electron chi connectivity index (χ2n) is 4.60. The first-order valence-corrected chi connectivity index (χ1v) is 7.27. The average Bonchev–Trinajstić information content (AvgIpc) is 2.33. The molecule has 1 aromatic rings. The van der Waals surface area contributed by atoms with Crippen molar-refractivity contribution in [2.75, 3.05) is 0 Å². The van der Waals surface area contributed by atoms with Crippen LogP contribution in [0.5, 0.6) is 0 Å². The first kappa shape index (κ1) is 14.4. The maximum absolute atomic E-state index is 12.1. The van der Waals surface area contributed by atoms with E-state index in [1.54, 1.807) is 0 Å². The molecule has 0 unspecified atom stereocenters. The van der Waals surface area contributed by atoms with E-state index >= 15 is 0 Å². The Labute approximate surface area is 114 Å². The number of hydrogen-bond acceptors (Lipinski definition) is 5. The van der Waals surface area contributed by atoms with Gasteiger partial charge >= 0.3 is 5.97 Å². The number of carboxylic acids is 1. The Morgan fingerprint density at radius 1 is 1.40 bits per heavy atom. The SMILES string of the molecule is O=C(O)C1(NS(=O)(=O)c2cccc([N+](=O)[O-])c2)CCC1. The van der Waals surface area contributed by atoms with Crippen molar-refractivity contribution in [3.63, 3.8) is 0 Å². The minimum atomic E-state index is -4.12. The summed E-state index contributed by atoms with van der Waals surface area (Å²) in [6, 6.07) is 4.48. The summed E-state index contributed by atoms with van der Waals surface area (Å²) in [7, 11) is -4.12. The first-order chi connectivity index (χ1) is 9.27. The molecule has 2 N–H and O–H groups in total. The van der Waals surface area contributed by atoms with Gasteiger partial charge in [0.2, 0.25) is 10.0 Å². The van der Waals surface area contributed by atoms with Gasteiger partial charge < -0.3 is 5.11 Å². The van der Waals surface area contributed by atoms with E-state index < -0.39 is 26.5 Å². The van der Waals surface area contributed by atoms with Crippen LogP contribution in [0.25, 0.3) is 0 Å². The summed E-state index contributed by atoms with van der Waals surface area (Å²) >= 11 is 0. The second-order valence-corrected chi connectivity index (χ2v) is 6.28. The van der Waals surface area contributed by atoms with Crippen molar-refractivity contribution in [1.82, 2.24) is 4.72 Å². The summed E-state index contributed by atoms with van der Waals surface area (Å²) in [6.45, 7) is 0. The average molecular weight is 300 g/mol. The first-order valence-electron chi connectivity index (χ1n) is 5.79. The van der Waals surface area contributed by atoms with Gasteiger partial charge in [-0.25, -0.2) is 8.42 Å².